The summed E-state index contributed by atoms with van der Waals surface area (Å²) in [5.74, 6) is 0.288. The van der Waals surface area contributed by atoms with Crippen LogP contribution in [0, 0.1) is 17.2 Å². The van der Waals surface area contributed by atoms with Gasteiger partial charge in [-0.3, -0.25) is 9.89 Å². The van der Waals surface area contributed by atoms with Crippen molar-refractivity contribution in [3.8, 4) is 6.07 Å². The third kappa shape index (κ3) is 3.55. The number of nitrogens with zero attached hydrogens (tertiary/aromatic N) is 2. The maximum atomic E-state index is 11.9. The van der Waals surface area contributed by atoms with Crippen molar-refractivity contribution in [3.05, 3.63) is 11.9 Å². The standard InChI is InChI=1S/C13H18N4O2/c1-2-10-5-9(3-4-19-10)6-13(18)16-12-8-15-17-11(12)7-14/h8-10H,2-6H2,1H3,(H,15,17)(H,16,18). The molecule has 0 spiro atoms. The smallest absolute Gasteiger partial charge is 0.224 e. The maximum Gasteiger partial charge on any atom is 0.224 e. The van der Waals surface area contributed by atoms with E-state index in [1.807, 2.05) is 6.07 Å². The molecule has 0 saturated carbocycles. The van der Waals surface area contributed by atoms with E-state index < -0.39 is 0 Å². The Labute approximate surface area is 112 Å². The van der Waals surface area contributed by atoms with E-state index in [1.165, 1.54) is 6.20 Å². The quantitative estimate of drug-likeness (QED) is 0.865. The summed E-state index contributed by atoms with van der Waals surface area (Å²) in [5, 5.41) is 17.8. The third-order valence-corrected chi connectivity index (χ3v) is 3.43. The van der Waals surface area contributed by atoms with Gasteiger partial charge in [-0.15, -0.1) is 0 Å². The number of carbonyl (C=O) groups is 1. The second-order valence-corrected chi connectivity index (χ2v) is 4.81. The summed E-state index contributed by atoms with van der Waals surface area (Å²) in [5.41, 5.74) is 0.735. The van der Waals surface area contributed by atoms with Crippen LogP contribution in [-0.2, 0) is 9.53 Å². The van der Waals surface area contributed by atoms with Crippen LogP contribution in [0.2, 0.25) is 0 Å². The van der Waals surface area contributed by atoms with Gasteiger partial charge in [-0.2, -0.15) is 10.4 Å². The molecule has 2 rings (SSSR count). The number of carbonyl (C=O) groups excluding carboxylic acids is 1. The highest BCUT2D eigenvalue weighted by Crippen LogP contribution is 2.25. The van der Waals surface area contributed by atoms with E-state index in [4.69, 9.17) is 10.00 Å². The number of aromatic nitrogens is 2. The SMILES string of the molecule is CCC1CC(CC(=O)Nc2cn[nH]c2C#N)CCO1. The normalized spacial score (nSPS) is 22.7. The number of hydrogen-bond donors (Lipinski definition) is 2. The molecule has 0 aliphatic carbocycles. The highest BCUT2D eigenvalue weighted by Gasteiger charge is 2.23. The molecule has 1 aromatic heterocycles. The number of H-pyrrole nitrogens is 1. The first-order valence-electron chi connectivity index (χ1n) is 6.57. The van der Waals surface area contributed by atoms with Gasteiger partial charge in [0.25, 0.3) is 0 Å². The molecule has 2 N–H and O–H groups in total. The average molecular weight is 262 g/mol. The highest BCUT2D eigenvalue weighted by molar-refractivity contribution is 5.91. The Balaban J connectivity index is 1.86. The van der Waals surface area contributed by atoms with Gasteiger partial charge in [-0.1, -0.05) is 6.92 Å². The predicted octanol–water partition coefficient (Wildman–Crippen LogP) is 1.82. The minimum Gasteiger partial charge on any atom is -0.378 e. The lowest BCUT2D eigenvalue weighted by Gasteiger charge is -2.28. The average Bonchev–Trinajstić information content (AvgIpc) is 2.86. The molecule has 1 fully saturated rings. The summed E-state index contributed by atoms with van der Waals surface area (Å²) in [4.78, 5) is 11.9. The van der Waals surface area contributed by atoms with Gasteiger partial charge in [0.15, 0.2) is 5.69 Å². The van der Waals surface area contributed by atoms with Crippen molar-refractivity contribution in [2.24, 2.45) is 5.92 Å². The van der Waals surface area contributed by atoms with E-state index in [-0.39, 0.29) is 17.7 Å². The number of amides is 1. The Hall–Kier alpha value is -1.87. The van der Waals surface area contributed by atoms with Gasteiger partial charge in [-0.05, 0) is 25.2 Å². The molecule has 102 valence electrons. The predicted molar refractivity (Wildman–Crippen MR) is 69.3 cm³/mol. The van der Waals surface area contributed by atoms with Gasteiger partial charge in [0.2, 0.25) is 5.91 Å². The Morgan fingerprint density at radius 2 is 2.58 bits per heavy atom. The van der Waals surface area contributed by atoms with Crippen LogP contribution in [0.3, 0.4) is 0 Å². The molecule has 6 heteroatoms. The molecule has 1 amide bonds. The second-order valence-electron chi connectivity index (χ2n) is 4.81. The van der Waals surface area contributed by atoms with E-state index in [1.54, 1.807) is 0 Å². The number of rotatable bonds is 4. The Morgan fingerprint density at radius 1 is 1.74 bits per heavy atom. The van der Waals surface area contributed by atoms with Gasteiger partial charge in [0, 0.05) is 13.0 Å². The molecule has 0 aromatic carbocycles. The lowest BCUT2D eigenvalue weighted by molar-refractivity contribution is -0.118. The summed E-state index contributed by atoms with van der Waals surface area (Å²) < 4.78 is 5.59. The molecule has 2 heterocycles. The van der Waals surface area contributed by atoms with Crippen LogP contribution >= 0.6 is 0 Å². The van der Waals surface area contributed by atoms with Crippen molar-refractivity contribution in [1.29, 1.82) is 5.26 Å². The van der Waals surface area contributed by atoms with Gasteiger partial charge >= 0.3 is 0 Å². The van der Waals surface area contributed by atoms with Crippen LogP contribution in [0.5, 0.6) is 0 Å². The van der Waals surface area contributed by atoms with Crippen LogP contribution in [0.1, 0.15) is 38.3 Å². The minimum atomic E-state index is -0.0698. The zero-order chi connectivity index (χ0) is 13.7. The fraction of sp³-hybridized carbons (Fsp3) is 0.615. The number of anilines is 1. The van der Waals surface area contributed by atoms with E-state index in [2.05, 4.69) is 22.4 Å². The lowest BCUT2D eigenvalue weighted by Crippen LogP contribution is -2.28. The van der Waals surface area contributed by atoms with E-state index in [9.17, 15) is 4.79 Å². The maximum absolute atomic E-state index is 11.9. The Kier molecular flexibility index (Phi) is 4.53. The van der Waals surface area contributed by atoms with Crippen molar-refractivity contribution in [3.63, 3.8) is 0 Å². The zero-order valence-electron chi connectivity index (χ0n) is 11.0. The molecule has 19 heavy (non-hydrogen) atoms. The summed E-state index contributed by atoms with van der Waals surface area (Å²) in [7, 11) is 0. The third-order valence-electron chi connectivity index (χ3n) is 3.43. The van der Waals surface area contributed by atoms with Gasteiger partial charge in [0.05, 0.1) is 18.0 Å². The molecule has 1 aliphatic heterocycles. The van der Waals surface area contributed by atoms with E-state index in [0.717, 1.165) is 25.9 Å². The van der Waals surface area contributed by atoms with Gasteiger partial charge < -0.3 is 10.1 Å². The first-order chi connectivity index (χ1) is 9.22. The van der Waals surface area contributed by atoms with Crippen LogP contribution in [0.25, 0.3) is 0 Å². The summed E-state index contributed by atoms with van der Waals surface area (Å²) in [6, 6.07) is 1.95. The first kappa shape index (κ1) is 13.6. The van der Waals surface area contributed by atoms with Gasteiger partial charge in [0.1, 0.15) is 6.07 Å². The Bertz CT molecular complexity index is 477. The lowest BCUT2D eigenvalue weighted by atomic mass is 9.91. The topological polar surface area (TPSA) is 90.8 Å². The van der Waals surface area contributed by atoms with Crippen molar-refractivity contribution in [2.45, 2.75) is 38.7 Å². The highest BCUT2D eigenvalue weighted by atomic mass is 16.5. The fourth-order valence-electron chi connectivity index (χ4n) is 2.36. The molecule has 0 bridgehead atoms. The molecule has 1 aromatic rings. The van der Waals surface area contributed by atoms with Crippen molar-refractivity contribution in [1.82, 2.24) is 10.2 Å². The van der Waals surface area contributed by atoms with E-state index in [0.29, 0.717) is 18.0 Å². The van der Waals surface area contributed by atoms with Crippen LogP contribution in [-0.4, -0.2) is 28.8 Å². The fourth-order valence-corrected chi connectivity index (χ4v) is 2.36. The molecular weight excluding hydrogens is 244 g/mol. The minimum absolute atomic E-state index is 0.0698. The van der Waals surface area contributed by atoms with Gasteiger partial charge in [-0.25, -0.2) is 0 Å². The largest absolute Gasteiger partial charge is 0.378 e. The molecular formula is C13H18N4O2. The van der Waals surface area contributed by atoms with Crippen molar-refractivity contribution >= 4 is 11.6 Å². The summed E-state index contributed by atoms with van der Waals surface area (Å²) in [6.07, 6.45) is 5.03. The first-order valence-corrected chi connectivity index (χ1v) is 6.57. The number of nitrogens with one attached hydrogen (secondary N) is 2. The summed E-state index contributed by atoms with van der Waals surface area (Å²) >= 11 is 0. The molecule has 6 nitrogen and oxygen atoms in total. The van der Waals surface area contributed by atoms with Crippen LogP contribution in [0.15, 0.2) is 6.20 Å². The molecule has 1 saturated heterocycles. The molecule has 0 radical (unpaired) electrons. The number of ether oxygens (including phenoxy) is 1. The van der Waals surface area contributed by atoms with Crippen molar-refractivity contribution in [2.75, 3.05) is 11.9 Å². The molecule has 2 unspecified atom stereocenters. The number of nitriles is 1. The monoisotopic (exact) mass is 262 g/mol. The summed E-state index contributed by atoms with van der Waals surface area (Å²) in [6.45, 7) is 2.82. The number of aromatic amines is 1. The molecule has 2 atom stereocenters. The molecule has 1 aliphatic rings. The second kappa shape index (κ2) is 6.34. The number of hydrogen-bond acceptors (Lipinski definition) is 4. The Morgan fingerprint density at radius 3 is 3.32 bits per heavy atom. The van der Waals surface area contributed by atoms with Crippen LogP contribution in [0.4, 0.5) is 5.69 Å². The van der Waals surface area contributed by atoms with Crippen molar-refractivity contribution < 1.29 is 9.53 Å². The van der Waals surface area contributed by atoms with E-state index >= 15 is 0 Å². The van der Waals surface area contributed by atoms with Crippen LogP contribution < -0.4 is 5.32 Å². The zero-order valence-corrected chi connectivity index (χ0v) is 11.0.